The van der Waals surface area contributed by atoms with Gasteiger partial charge in [0.25, 0.3) is 0 Å². The second-order valence-corrected chi connectivity index (χ2v) is 3.65. The molecule has 0 aromatic heterocycles. The minimum Gasteiger partial charge on any atom is -0.508 e. The summed E-state index contributed by atoms with van der Waals surface area (Å²) in [5.74, 6) is 0.310. The lowest BCUT2D eigenvalue weighted by Gasteiger charge is -2.08. The zero-order chi connectivity index (χ0) is 11.7. The first kappa shape index (κ1) is 10.4. The molecule has 0 radical (unpaired) electrons. The number of hydrogen-bond donors (Lipinski definition) is 3. The first-order chi connectivity index (χ1) is 7.59. The van der Waals surface area contributed by atoms with Gasteiger partial charge in [0.1, 0.15) is 17.2 Å². The summed E-state index contributed by atoms with van der Waals surface area (Å²) in [6, 6.07) is 9.71. The van der Waals surface area contributed by atoms with Gasteiger partial charge in [-0.1, -0.05) is 12.1 Å². The normalized spacial score (nSPS) is 10.3. The molecule has 3 N–H and O–H groups in total. The Bertz CT molecular complexity index is 515. The number of benzene rings is 2. The maximum Gasteiger partial charge on any atom is 0.129 e. The lowest BCUT2D eigenvalue weighted by Crippen LogP contribution is -1.83. The molecule has 2 rings (SSSR count). The predicted octanol–water partition coefficient (Wildman–Crippen LogP) is 2.78. The Hall–Kier alpha value is -2.16. The van der Waals surface area contributed by atoms with Gasteiger partial charge >= 0.3 is 0 Å². The van der Waals surface area contributed by atoms with Crippen LogP contribution in [0.25, 0.3) is 11.1 Å². The van der Waals surface area contributed by atoms with Crippen LogP contribution < -0.4 is 0 Å². The van der Waals surface area contributed by atoms with Crippen molar-refractivity contribution in [1.82, 2.24) is 0 Å². The molecule has 3 nitrogen and oxygen atoms in total. The summed E-state index contributed by atoms with van der Waals surface area (Å²) in [6.07, 6.45) is 0. The quantitative estimate of drug-likeness (QED) is 0.686. The Balaban J connectivity index is 2.57. The van der Waals surface area contributed by atoms with Crippen molar-refractivity contribution in [2.45, 2.75) is 6.92 Å². The van der Waals surface area contributed by atoms with Gasteiger partial charge in [0.15, 0.2) is 0 Å². The van der Waals surface area contributed by atoms with Crippen LogP contribution in [-0.2, 0) is 0 Å². The van der Waals surface area contributed by atoms with E-state index in [0.717, 1.165) is 5.56 Å². The number of phenolic OH excluding ortho intramolecular Hbond substituents is 3. The summed E-state index contributed by atoms with van der Waals surface area (Å²) < 4.78 is 0. The smallest absolute Gasteiger partial charge is 0.129 e. The first-order valence-corrected chi connectivity index (χ1v) is 4.90. The summed E-state index contributed by atoms with van der Waals surface area (Å²) in [6.45, 7) is 1.65. The monoisotopic (exact) mass is 216 g/mol. The minimum atomic E-state index is 0.0608. The summed E-state index contributed by atoms with van der Waals surface area (Å²) >= 11 is 0. The third-order valence-electron chi connectivity index (χ3n) is 2.58. The highest BCUT2D eigenvalue weighted by atomic mass is 16.3. The van der Waals surface area contributed by atoms with Crippen molar-refractivity contribution >= 4 is 0 Å². The first-order valence-electron chi connectivity index (χ1n) is 4.90. The van der Waals surface area contributed by atoms with E-state index in [0.29, 0.717) is 11.1 Å². The summed E-state index contributed by atoms with van der Waals surface area (Å²) in [5.41, 5.74) is 1.87. The summed E-state index contributed by atoms with van der Waals surface area (Å²) in [5, 5.41) is 28.5. The maximum absolute atomic E-state index is 9.88. The third-order valence-corrected chi connectivity index (χ3v) is 2.58. The fraction of sp³-hybridized carbons (Fsp3) is 0.0769. The van der Waals surface area contributed by atoms with Crippen LogP contribution in [0.15, 0.2) is 36.4 Å². The highest BCUT2D eigenvalue weighted by Crippen LogP contribution is 2.36. The molecule has 2 aromatic rings. The fourth-order valence-corrected chi connectivity index (χ4v) is 1.56. The summed E-state index contributed by atoms with van der Waals surface area (Å²) in [4.78, 5) is 0. The second kappa shape index (κ2) is 3.77. The van der Waals surface area contributed by atoms with E-state index in [2.05, 4.69) is 0 Å². The number of aromatic hydroxyl groups is 3. The molecular weight excluding hydrogens is 204 g/mol. The molecule has 0 aliphatic carbocycles. The molecule has 0 fully saturated rings. The number of phenols is 3. The molecule has 0 aliphatic rings. The van der Waals surface area contributed by atoms with E-state index in [4.69, 9.17) is 5.11 Å². The third kappa shape index (κ3) is 1.67. The average Bonchev–Trinajstić information content (AvgIpc) is 2.28. The highest BCUT2D eigenvalue weighted by molar-refractivity contribution is 5.73. The lowest BCUT2D eigenvalue weighted by atomic mass is 10.0. The van der Waals surface area contributed by atoms with Crippen molar-refractivity contribution in [3.63, 3.8) is 0 Å². The Kier molecular flexibility index (Phi) is 2.44. The van der Waals surface area contributed by atoms with Gasteiger partial charge < -0.3 is 15.3 Å². The van der Waals surface area contributed by atoms with Crippen LogP contribution >= 0.6 is 0 Å². The molecule has 0 saturated carbocycles. The van der Waals surface area contributed by atoms with Gasteiger partial charge in [0, 0.05) is 11.1 Å². The second-order valence-electron chi connectivity index (χ2n) is 3.65. The molecule has 3 heteroatoms. The Labute approximate surface area is 93.2 Å². The maximum atomic E-state index is 9.88. The zero-order valence-electron chi connectivity index (χ0n) is 8.81. The Morgan fingerprint density at radius 2 is 1.44 bits per heavy atom. The minimum absolute atomic E-state index is 0.0608. The molecule has 0 aliphatic heterocycles. The van der Waals surface area contributed by atoms with Crippen molar-refractivity contribution in [2.24, 2.45) is 0 Å². The molecule has 0 bridgehead atoms. The molecule has 0 unspecified atom stereocenters. The molecule has 16 heavy (non-hydrogen) atoms. The van der Waals surface area contributed by atoms with Crippen LogP contribution in [0, 0.1) is 6.92 Å². The van der Waals surface area contributed by atoms with Crippen LogP contribution in [-0.4, -0.2) is 15.3 Å². The molecular formula is C13H12O3. The average molecular weight is 216 g/mol. The van der Waals surface area contributed by atoms with E-state index < -0.39 is 0 Å². The molecule has 0 saturated heterocycles. The standard InChI is InChI=1S/C13H12O3/c1-8-12(15)7-6-11(13(8)16)9-2-4-10(14)5-3-9/h2-7,14-16H,1H3. The van der Waals surface area contributed by atoms with Crippen LogP contribution in [0.4, 0.5) is 0 Å². The SMILES string of the molecule is Cc1c(O)ccc(-c2ccc(O)cc2)c1O. The number of hydrogen-bond acceptors (Lipinski definition) is 3. The molecule has 2 aromatic carbocycles. The summed E-state index contributed by atoms with van der Waals surface area (Å²) in [7, 11) is 0. The Morgan fingerprint density at radius 3 is 2.06 bits per heavy atom. The van der Waals surface area contributed by atoms with Gasteiger partial charge in [-0.15, -0.1) is 0 Å². The molecule has 0 heterocycles. The Morgan fingerprint density at radius 1 is 0.812 bits per heavy atom. The molecule has 0 atom stereocenters. The fourth-order valence-electron chi connectivity index (χ4n) is 1.56. The van der Waals surface area contributed by atoms with Gasteiger partial charge in [-0.2, -0.15) is 0 Å². The molecule has 0 amide bonds. The van der Waals surface area contributed by atoms with E-state index in [1.54, 1.807) is 37.3 Å². The number of rotatable bonds is 1. The predicted molar refractivity (Wildman–Crippen MR) is 61.6 cm³/mol. The van der Waals surface area contributed by atoms with E-state index in [1.807, 2.05) is 0 Å². The van der Waals surface area contributed by atoms with E-state index >= 15 is 0 Å². The van der Waals surface area contributed by atoms with Crippen molar-refractivity contribution in [2.75, 3.05) is 0 Å². The lowest BCUT2D eigenvalue weighted by molar-refractivity contribution is 0.444. The van der Waals surface area contributed by atoms with Crippen molar-refractivity contribution in [3.05, 3.63) is 42.0 Å². The van der Waals surface area contributed by atoms with Crippen molar-refractivity contribution in [1.29, 1.82) is 0 Å². The molecule has 82 valence electrons. The van der Waals surface area contributed by atoms with E-state index in [-0.39, 0.29) is 17.2 Å². The van der Waals surface area contributed by atoms with Crippen LogP contribution in [0.2, 0.25) is 0 Å². The largest absolute Gasteiger partial charge is 0.508 e. The topological polar surface area (TPSA) is 60.7 Å². The van der Waals surface area contributed by atoms with Crippen LogP contribution in [0.5, 0.6) is 17.2 Å². The van der Waals surface area contributed by atoms with E-state index in [1.165, 1.54) is 6.07 Å². The van der Waals surface area contributed by atoms with Gasteiger partial charge in [0.2, 0.25) is 0 Å². The van der Waals surface area contributed by atoms with Gasteiger partial charge in [0.05, 0.1) is 0 Å². The van der Waals surface area contributed by atoms with Gasteiger partial charge in [-0.05, 0) is 36.8 Å². The molecule has 0 spiro atoms. The van der Waals surface area contributed by atoms with Crippen LogP contribution in [0.3, 0.4) is 0 Å². The van der Waals surface area contributed by atoms with Crippen LogP contribution in [0.1, 0.15) is 5.56 Å². The highest BCUT2D eigenvalue weighted by Gasteiger charge is 2.09. The van der Waals surface area contributed by atoms with E-state index in [9.17, 15) is 10.2 Å². The van der Waals surface area contributed by atoms with Gasteiger partial charge in [-0.3, -0.25) is 0 Å². The van der Waals surface area contributed by atoms with Crippen molar-refractivity contribution in [3.8, 4) is 28.4 Å². The van der Waals surface area contributed by atoms with Crippen molar-refractivity contribution < 1.29 is 15.3 Å². The zero-order valence-corrected chi connectivity index (χ0v) is 8.81. The van der Waals surface area contributed by atoms with Gasteiger partial charge in [-0.25, -0.2) is 0 Å².